The van der Waals surface area contributed by atoms with E-state index in [1.807, 2.05) is 29.2 Å². The van der Waals surface area contributed by atoms with Crippen molar-refractivity contribution in [1.82, 2.24) is 15.0 Å². The lowest BCUT2D eigenvalue weighted by Crippen LogP contribution is -2.39. The third-order valence-corrected chi connectivity index (χ3v) is 5.43. The summed E-state index contributed by atoms with van der Waals surface area (Å²) in [7, 11) is 4.75. The lowest BCUT2D eigenvalue weighted by Gasteiger charge is -2.31. The second kappa shape index (κ2) is 9.07. The van der Waals surface area contributed by atoms with E-state index in [0.717, 1.165) is 24.2 Å². The largest absolute Gasteiger partial charge is 0.497 e. The highest BCUT2D eigenvalue weighted by atomic mass is 16.5. The molecule has 0 saturated carbocycles. The number of hydrogen-bond donors (Lipinski definition) is 0. The lowest BCUT2D eigenvalue weighted by atomic mass is 9.97. The SMILES string of the molecule is COc1cc(OC)cc(C(=O)N2CCCC(c3nc(-c4cccc(OC)c4)no3)C2)c1. The van der Waals surface area contributed by atoms with E-state index in [1.54, 1.807) is 39.5 Å². The van der Waals surface area contributed by atoms with Gasteiger partial charge in [0.1, 0.15) is 17.2 Å². The van der Waals surface area contributed by atoms with Gasteiger partial charge in [0.15, 0.2) is 0 Å². The maximum atomic E-state index is 13.1. The third-order valence-electron chi connectivity index (χ3n) is 5.43. The minimum Gasteiger partial charge on any atom is -0.497 e. The molecule has 0 N–H and O–H groups in total. The molecule has 162 valence electrons. The summed E-state index contributed by atoms with van der Waals surface area (Å²) in [6, 6.07) is 12.7. The molecule has 1 aromatic heterocycles. The normalized spacial score (nSPS) is 16.1. The summed E-state index contributed by atoms with van der Waals surface area (Å²) in [4.78, 5) is 19.6. The van der Waals surface area contributed by atoms with Crippen LogP contribution in [0.1, 0.15) is 35.0 Å². The van der Waals surface area contributed by atoms with Crippen LogP contribution in [0.2, 0.25) is 0 Å². The number of amides is 1. The zero-order valence-electron chi connectivity index (χ0n) is 17.8. The van der Waals surface area contributed by atoms with E-state index in [1.165, 1.54) is 0 Å². The summed E-state index contributed by atoms with van der Waals surface area (Å²) in [6.07, 6.45) is 1.74. The van der Waals surface area contributed by atoms with Crippen molar-refractivity contribution in [3.05, 3.63) is 53.9 Å². The molecule has 8 heteroatoms. The number of likely N-dealkylation sites (tertiary alicyclic amines) is 1. The average Bonchev–Trinajstić information content (AvgIpc) is 3.34. The van der Waals surface area contributed by atoms with Crippen molar-refractivity contribution in [2.75, 3.05) is 34.4 Å². The Bertz CT molecular complexity index is 1040. The summed E-state index contributed by atoms with van der Waals surface area (Å²) >= 11 is 0. The number of hydrogen-bond acceptors (Lipinski definition) is 7. The van der Waals surface area contributed by atoms with E-state index in [0.29, 0.717) is 41.9 Å². The highest BCUT2D eigenvalue weighted by Gasteiger charge is 2.29. The van der Waals surface area contributed by atoms with Gasteiger partial charge in [-0.15, -0.1) is 0 Å². The molecule has 1 aliphatic heterocycles. The monoisotopic (exact) mass is 423 g/mol. The zero-order chi connectivity index (χ0) is 21.8. The Morgan fingerprint density at radius 3 is 2.48 bits per heavy atom. The number of nitrogens with zero attached hydrogens (tertiary/aromatic N) is 3. The topological polar surface area (TPSA) is 86.9 Å². The molecular formula is C23H25N3O5. The van der Waals surface area contributed by atoms with Gasteiger partial charge in [0, 0.05) is 30.3 Å². The minimum atomic E-state index is -0.0746. The van der Waals surface area contributed by atoms with Crippen LogP contribution in [0, 0.1) is 0 Å². The molecule has 0 bridgehead atoms. The van der Waals surface area contributed by atoms with Crippen LogP contribution in [-0.2, 0) is 0 Å². The fourth-order valence-electron chi connectivity index (χ4n) is 3.76. The van der Waals surface area contributed by atoms with Crippen molar-refractivity contribution in [1.29, 1.82) is 0 Å². The Kier molecular flexibility index (Phi) is 6.06. The van der Waals surface area contributed by atoms with Crippen LogP contribution in [0.3, 0.4) is 0 Å². The van der Waals surface area contributed by atoms with E-state index < -0.39 is 0 Å². The number of rotatable bonds is 6. The summed E-state index contributed by atoms with van der Waals surface area (Å²) < 4.78 is 21.4. The molecule has 1 unspecified atom stereocenters. The predicted octanol–water partition coefficient (Wildman–Crippen LogP) is 3.78. The van der Waals surface area contributed by atoms with Gasteiger partial charge in [0.25, 0.3) is 5.91 Å². The number of ether oxygens (including phenoxy) is 3. The van der Waals surface area contributed by atoms with Gasteiger partial charge >= 0.3 is 0 Å². The molecule has 31 heavy (non-hydrogen) atoms. The Labute approximate surface area is 180 Å². The average molecular weight is 423 g/mol. The van der Waals surface area contributed by atoms with E-state index in [9.17, 15) is 4.79 Å². The number of carbonyl (C=O) groups excluding carboxylic acids is 1. The van der Waals surface area contributed by atoms with Crippen LogP contribution in [0.4, 0.5) is 0 Å². The Balaban J connectivity index is 1.51. The molecule has 1 saturated heterocycles. The Hall–Kier alpha value is -3.55. The summed E-state index contributed by atoms with van der Waals surface area (Å²) in [5, 5.41) is 4.13. The van der Waals surface area contributed by atoms with Gasteiger partial charge in [0.2, 0.25) is 11.7 Å². The molecule has 8 nitrogen and oxygen atoms in total. The molecular weight excluding hydrogens is 398 g/mol. The van der Waals surface area contributed by atoms with Gasteiger partial charge in [-0.25, -0.2) is 0 Å². The summed E-state index contributed by atoms with van der Waals surface area (Å²) in [5.41, 5.74) is 1.35. The Morgan fingerprint density at radius 1 is 1.03 bits per heavy atom. The first-order valence-corrected chi connectivity index (χ1v) is 10.1. The third kappa shape index (κ3) is 4.47. The maximum Gasteiger partial charge on any atom is 0.254 e. The maximum absolute atomic E-state index is 13.1. The number of benzene rings is 2. The zero-order valence-corrected chi connectivity index (χ0v) is 17.8. The molecule has 1 amide bonds. The predicted molar refractivity (Wildman–Crippen MR) is 114 cm³/mol. The number of piperidine rings is 1. The number of carbonyl (C=O) groups is 1. The quantitative estimate of drug-likeness (QED) is 0.596. The Morgan fingerprint density at radius 2 is 1.77 bits per heavy atom. The second-order valence-corrected chi connectivity index (χ2v) is 7.38. The molecule has 3 aromatic rings. The van der Waals surface area contributed by atoms with Crippen molar-refractivity contribution in [3.8, 4) is 28.6 Å². The van der Waals surface area contributed by atoms with Gasteiger partial charge in [-0.05, 0) is 37.1 Å². The molecule has 1 atom stereocenters. The molecule has 0 aliphatic carbocycles. The van der Waals surface area contributed by atoms with Gasteiger partial charge in [-0.3, -0.25) is 4.79 Å². The molecule has 2 heterocycles. The molecule has 2 aromatic carbocycles. The molecule has 0 radical (unpaired) electrons. The molecule has 4 rings (SSSR count). The van der Waals surface area contributed by atoms with E-state index >= 15 is 0 Å². The highest BCUT2D eigenvalue weighted by molar-refractivity contribution is 5.95. The van der Waals surface area contributed by atoms with E-state index in [4.69, 9.17) is 18.7 Å². The number of methoxy groups -OCH3 is 3. The van der Waals surface area contributed by atoms with Crippen molar-refractivity contribution in [2.45, 2.75) is 18.8 Å². The first kappa shape index (κ1) is 20.7. The lowest BCUT2D eigenvalue weighted by molar-refractivity contribution is 0.0695. The van der Waals surface area contributed by atoms with Crippen LogP contribution >= 0.6 is 0 Å². The first-order chi connectivity index (χ1) is 15.1. The van der Waals surface area contributed by atoms with Gasteiger partial charge < -0.3 is 23.6 Å². The molecule has 1 aliphatic rings. The summed E-state index contributed by atoms with van der Waals surface area (Å²) in [5.74, 6) is 2.85. The van der Waals surface area contributed by atoms with Crippen molar-refractivity contribution >= 4 is 5.91 Å². The van der Waals surface area contributed by atoms with Crippen LogP contribution in [0.25, 0.3) is 11.4 Å². The fraction of sp³-hybridized carbons (Fsp3) is 0.348. The van der Waals surface area contributed by atoms with Crippen molar-refractivity contribution in [3.63, 3.8) is 0 Å². The van der Waals surface area contributed by atoms with Crippen LogP contribution in [-0.4, -0.2) is 55.4 Å². The van der Waals surface area contributed by atoms with Gasteiger partial charge in [-0.2, -0.15) is 4.98 Å². The van der Waals surface area contributed by atoms with E-state index in [-0.39, 0.29) is 11.8 Å². The molecule has 0 spiro atoms. The number of aromatic nitrogens is 2. The van der Waals surface area contributed by atoms with Crippen molar-refractivity contribution < 1.29 is 23.5 Å². The smallest absolute Gasteiger partial charge is 0.254 e. The van der Waals surface area contributed by atoms with Crippen LogP contribution < -0.4 is 14.2 Å². The van der Waals surface area contributed by atoms with Crippen molar-refractivity contribution in [2.24, 2.45) is 0 Å². The highest BCUT2D eigenvalue weighted by Crippen LogP contribution is 2.30. The van der Waals surface area contributed by atoms with Gasteiger partial charge in [-0.1, -0.05) is 17.3 Å². The van der Waals surface area contributed by atoms with E-state index in [2.05, 4.69) is 10.1 Å². The van der Waals surface area contributed by atoms with Gasteiger partial charge in [0.05, 0.1) is 27.2 Å². The van der Waals surface area contributed by atoms with Crippen LogP contribution in [0.15, 0.2) is 47.0 Å². The van der Waals surface area contributed by atoms with Crippen LogP contribution in [0.5, 0.6) is 17.2 Å². The molecule has 1 fully saturated rings. The fourth-order valence-corrected chi connectivity index (χ4v) is 3.76. The minimum absolute atomic E-state index is 0.0166. The standard InChI is InChI=1S/C23H25N3O5/c1-28-18-8-4-6-15(10-18)21-24-22(31-25-21)16-7-5-9-26(14-16)23(27)17-11-19(29-2)13-20(12-17)30-3/h4,6,8,10-13,16H,5,7,9,14H2,1-3H3. The first-order valence-electron chi connectivity index (χ1n) is 10.1. The summed E-state index contributed by atoms with van der Waals surface area (Å²) in [6.45, 7) is 1.18. The second-order valence-electron chi connectivity index (χ2n) is 7.38.